The molecule has 0 aliphatic heterocycles. The van der Waals surface area contributed by atoms with Gasteiger partial charge in [-0.05, 0) is 35.0 Å². The van der Waals surface area contributed by atoms with Gasteiger partial charge in [-0.15, -0.1) is 11.8 Å². The lowest BCUT2D eigenvalue weighted by Crippen LogP contribution is -2.27. The van der Waals surface area contributed by atoms with Gasteiger partial charge in [0.05, 0.1) is 11.4 Å². The van der Waals surface area contributed by atoms with Gasteiger partial charge >= 0.3 is 0 Å². The van der Waals surface area contributed by atoms with E-state index in [1.165, 1.54) is 10.8 Å². The molecule has 0 radical (unpaired) electrons. The largest absolute Gasteiger partial charge is 0.355 e. The molecule has 5 heteroatoms. The van der Waals surface area contributed by atoms with Crippen LogP contribution in [0.5, 0.6) is 0 Å². The summed E-state index contributed by atoms with van der Waals surface area (Å²) in [4.78, 5) is 17.7. The number of amides is 1. The number of aromatic nitrogens is 2. The Bertz CT molecular complexity index is 1020. The molecule has 1 amide bonds. The van der Waals surface area contributed by atoms with Crippen molar-refractivity contribution in [2.24, 2.45) is 0 Å². The first-order chi connectivity index (χ1) is 12.8. The predicted octanol–water partition coefficient (Wildman–Crippen LogP) is 3.94. The molecular formula is C21H19N3OS. The van der Waals surface area contributed by atoms with E-state index in [9.17, 15) is 4.79 Å². The summed E-state index contributed by atoms with van der Waals surface area (Å²) in [6.45, 7) is 0.598. The number of nitrogens with one attached hydrogen (secondary N) is 1. The number of nitrogens with zero attached hydrogens (tertiary/aromatic N) is 2. The molecule has 1 N–H and O–H groups in total. The molecule has 0 spiro atoms. The van der Waals surface area contributed by atoms with Gasteiger partial charge in [0.25, 0.3) is 0 Å². The molecule has 0 saturated heterocycles. The molecule has 2 aromatic heterocycles. The SMILES string of the molecule is O=C(CSc1ccc2ccccc2c1)NCCc1cn2ccccc2n1. The van der Waals surface area contributed by atoms with Crippen LogP contribution in [0, 0.1) is 0 Å². The first-order valence-corrected chi connectivity index (χ1v) is 9.57. The number of pyridine rings is 1. The Morgan fingerprint density at radius 2 is 1.88 bits per heavy atom. The molecule has 2 aromatic carbocycles. The molecule has 2 heterocycles. The number of rotatable bonds is 6. The Balaban J connectivity index is 1.27. The van der Waals surface area contributed by atoms with E-state index in [-0.39, 0.29) is 5.91 Å². The summed E-state index contributed by atoms with van der Waals surface area (Å²) >= 11 is 1.56. The van der Waals surface area contributed by atoms with E-state index in [1.807, 2.05) is 47.1 Å². The van der Waals surface area contributed by atoms with Crippen LogP contribution >= 0.6 is 11.8 Å². The lowest BCUT2D eigenvalue weighted by Gasteiger charge is -2.05. The second-order valence-corrected chi connectivity index (χ2v) is 7.14. The van der Waals surface area contributed by atoms with Gasteiger partial charge in [-0.3, -0.25) is 4.79 Å². The molecule has 0 unspecified atom stereocenters. The average molecular weight is 361 g/mol. The highest BCUT2D eigenvalue weighted by Crippen LogP contribution is 2.23. The van der Waals surface area contributed by atoms with Crippen LogP contribution < -0.4 is 5.32 Å². The maximum absolute atomic E-state index is 12.1. The maximum Gasteiger partial charge on any atom is 0.230 e. The number of thioether (sulfide) groups is 1. The van der Waals surface area contributed by atoms with Gasteiger partial charge in [0.2, 0.25) is 5.91 Å². The van der Waals surface area contributed by atoms with Gasteiger partial charge in [0.15, 0.2) is 0 Å². The summed E-state index contributed by atoms with van der Waals surface area (Å²) < 4.78 is 1.99. The maximum atomic E-state index is 12.1. The van der Waals surface area contributed by atoms with E-state index in [0.717, 1.165) is 22.7 Å². The first kappa shape index (κ1) is 16.7. The first-order valence-electron chi connectivity index (χ1n) is 8.59. The third-order valence-electron chi connectivity index (χ3n) is 4.21. The summed E-state index contributed by atoms with van der Waals surface area (Å²) in [6, 6.07) is 20.5. The van der Waals surface area contributed by atoms with E-state index < -0.39 is 0 Å². The zero-order valence-corrected chi connectivity index (χ0v) is 15.1. The standard InChI is InChI=1S/C21H19N3OS/c25-21(15-26-19-9-8-16-5-1-2-6-17(16)13-19)22-11-10-18-14-24-12-4-3-7-20(24)23-18/h1-9,12-14H,10-11,15H2,(H,22,25). The van der Waals surface area contributed by atoms with E-state index >= 15 is 0 Å². The summed E-state index contributed by atoms with van der Waals surface area (Å²) in [7, 11) is 0. The topological polar surface area (TPSA) is 46.4 Å². The highest BCUT2D eigenvalue weighted by atomic mass is 32.2. The molecule has 0 aliphatic carbocycles. The zero-order chi connectivity index (χ0) is 17.8. The fourth-order valence-electron chi connectivity index (χ4n) is 2.89. The lowest BCUT2D eigenvalue weighted by atomic mass is 10.1. The van der Waals surface area contributed by atoms with Gasteiger partial charge in [-0.2, -0.15) is 0 Å². The monoisotopic (exact) mass is 361 g/mol. The highest BCUT2D eigenvalue weighted by molar-refractivity contribution is 8.00. The Morgan fingerprint density at radius 3 is 2.77 bits per heavy atom. The fraction of sp³-hybridized carbons (Fsp3) is 0.143. The van der Waals surface area contributed by atoms with Crippen LogP contribution in [0.25, 0.3) is 16.4 Å². The Kier molecular flexibility index (Phi) is 4.88. The van der Waals surface area contributed by atoms with Crippen LogP contribution in [-0.4, -0.2) is 27.6 Å². The van der Waals surface area contributed by atoms with Crippen LogP contribution in [-0.2, 0) is 11.2 Å². The quantitative estimate of drug-likeness (QED) is 0.529. The van der Waals surface area contributed by atoms with Gasteiger partial charge in [-0.25, -0.2) is 4.98 Å². The molecule has 0 aliphatic rings. The molecule has 26 heavy (non-hydrogen) atoms. The number of hydrogen-bond donors (Lipinski definition) is 1. The van der Waals surface area contributed by atoms with Gasteiger partial charge in [-0.1, -0.05) is 36.4 Å². The summed E-state index contributed by atoms with van der Waals surface area (Å²) in [5.41, 5.74) is 1.92. The van der Waals surface area contributed by atoms with E-state index in [4.69, 9.17) is 0 Å². The van der Waals surface area contributed by atoms with Crippen molar-refractivity contribution < 1.29 is 4.79 Å². The second kappa shape index (κ2) is 7.62. The normalized spacial score (nSPS) is 11.1. The minimum absolute atomic E-state index is 0.0481. The Morgan fingerprint density at radius 1 is 1.04 bits per heavy atom. The number of benzene rings is 2. The Hall–Kier alpha value is -2.79. The number of imidazole rings is 1. The summed E-state index contributed by atoms with van der Waals surface area (Å²) in [6.07, 6.45) is 4.71. The van der Waals surface area contributed by atoms with E-state index in [0.29, 0.717) is 12.3 Å². The number of fused-ring (bicyclic) bond motifs is 2. The van der Waals surface area contributed by atoms with Crippen molar-refractivity contribution in [2.45, 2.75) is 11.3 Å². The van der Waals surface area contributed by atoms with Crippen LogP contribution in [0.3, 0.4) is 0 Å². The van der Waals surface area contributed by atoms with E-state index in [1.54, 1.807) is 11.8 Å². The van der Waals surface area contributed by atoms with Crippen molar-refractivity contribution in [3.05, 3.63) is 78.8 Å². The molecule has 0 bridgehead atoms. The summed E-state index contributed by atoms with van der Waals surface area (Å²) in [5.74, 6) is 0.468. The zero-order valence-electron chi connectivity index (χ0n) is 14.3. The van der Waals surface area contributed by atoms with Crippen LogP contribution in [0.2, 0.25) is 0 Å². The van der Waals surface area contributed by atoms with Crippen molar-refractivity contribution in [1.29, 1.82) is 0 Å². The van der Waals surface area contributed by atoms with Crippen LogP contribution in [0.15, 0.2) is 78.0 Å². The third-order valence-corrected chi connectivity index (χ3v) is 5.20. The van der Waals surface area contributed by atoms with Crippen molar-refractivity contribution >= 4 is 34.1 Å². The minimum Gasteiger partial charge on any atom is -0.355 e. The van der Waals surface area contributed by atoms with Crippen molar-refractivity contribution in [1.82, 2.24) is 14.7 Å². The second-order valence-electron chi connectivity index (χ2n) is 6.10. The predicted molar refractivity (Wildman–Crippen MR) is 107 cm³/mol. The van der Waals surface area contributed by atoms with Crippen molar-refractivity contribution in [3.63, 3.8) is 0 Å². The molecule has 130 valence electrons. The highest BCUT2D eigenvalue weighted by Gasteiger charge is 2.05. The van der Waals surface area contributed by atoms with Crippen molar-refractivity contribution in [2.75, 3.05) is 12.3 Å². The summed E-state index contributed by atoms with van der Waals surface area (Å²) in [5, 5.41) is 5.39. The molecule has 4 aromatic rings. The number of carbonyl (C=O) groups excluding carboxylic acids is 1. The molecule has 0 saturated carbocycles. The fourth-order valence-corrected chi connectivity index (χ4v) is 3.67. The third kappa shape index (κ3) is 3.89. The average Bonchev–Trinajstić information content (AvgIpc) is 3.09. The number of carbonyl (C=O) groups is 1. The lowest BCUT2D eigenvalue weighted by molar-refractivity contribution is -0.118. The molecular weight excluding hydrogens is 342 g/mol. The van der Waals surface area contributed by atoms with Gasteiger partial charge in [0, 0.05) is 30.3 Å². The Labute approximate surface area is 156 Å². The number of hydrogen-bond acceptors (Lipinski definition) is 3. The van der Waals surface area contributed by atoms with Gasteiger partial charge < -0.3 is 9.72 Å². The molecule has 4 nitrogen and oxygen atoms in total. The van der Waals surface area contributed by atoms with Crippen LogP contribution in [0.4, 0.5) is 0 Å². The molecule has 0 fully saturated rings. The van der Waals surface area contributed by atoms with E-state index in [2.05, 4.69) is 40.6 Å². The smallest absolute Gasteiger partial charge is 0.230 e. The molecule has 4 rings (SSSR count). The van der Waals surface area contributed by atoms with Gasteiger partial charge in [0.1, 0.15) is 5.65 Å². The van der Waals surface area contributed by atoms with Crippen molar-refractivity contribution in [3.8, 4) is 0 Å². The minimum atomic E-state index is 0.0481. The van der Waals surface area contributed by atoms with Crippen LogP contribution in [0.1, 0.15) is 5.69 Å². The molecule has 0 atom stereocenters.